The Balaban J connectivity index is 2.50. The molecule has 1 aliphatic rings. The highest BCUT2D eigenvalue weighted by Crippen LogP contribution is 2.27. The van der Waals surface area contributed by atoms with Crippen LogP contribution in [0.15, 0.2) is 0 Å². The second-order valence-corrected chi connectivity index (χ2v) is 3.68. The van der Waals surface area contributed by atoms with E-state index in [1.807, 2.05) is 20.1 Å². The van der Waals surface area contributed by atoms with Gasteiger partial charge in [-0.1, -0.05) is 0 Å². The van der Waals surface area contributed by atoms with Gasteiger partial charge in [0.1, 0.15) is 0 Å². The number of ether oxygens (including phenoxy) is 1. The normalized spacial score (nSPS) is 26.5. The van der Waals surface area contributed by atoms with E-state index < -0.39 is 5.41 Å². The third kappa shape index (κ3) is 2.03. The summed E-state index contributed by atoms with van der Waals surface area (Å²) in [6.07, 6.45) is 5.44. The van der Waals surface area contributed by atoms with Crippen molar-refractivity contribution in [3.63, 3.8) is 0 Å². The van der Waals surface area contributed by atoms with Gasteiger partial charge in [0.05, 0.1) is 11.5 Å². The highest BCUT2D eigenvalue weighted by Gasteiger charge is 2.32. The average Bonchev–Trinajstić information content (AvgIpc) is 2.06. The number of hydrogen-bond donors (Lipinski definition) is 0. The van der Waals surface area contributed by atoms with Gasteiger partial charge in [-0.2, -0.15) is 0 Å². The van der Waals surface area contributed by atoms with Gasteiger partial charge in [-0.25, -0.2) is 0 Å². The van der Waals surface area contributed by atoms with Gasteiger partial charge in [-0.3, -0.25) is 4.79 Å². The van der Waals surface area contributed by atoms with Crippen LogP contribution < -0.4 is 0 Å². The quantitative estimate of drug-likeness (QED) is 0.606. The van der Waals surface area contributed by atoms with Crippen LogP contribution in [0.25, 0.3) is 0 Å². The first kappa shape index (κ1) is 8.72. The molecule has 2 nitrogen and oxygen atoms in total. The van der Waals surface area contributed by atoms with Gasteiger partial charge in [-0.15, -0.1) is 0 Å². The summed E-state index contributed by atoms with van der Waals surface area (Å²) in [4.78, 5) is 10.5. The SMILES string of the molecule is CC(C)([C]=O)C1CCCCO1. The van der Waals surface area contributed by atoms with Crippen LogP contribution in [-0.4, -0.2) is 19.0 Å². The van der Waals surface area contributed by atoms with E-state index in [2.05, 4.69) is 0 Å². The summed E-state index contributed by atoms with van der Waals surface area (Å²) in [6.45, 7) is 4.57. The molecule has 1 atom stereocenters. The van der Waals surface area contributed by atoms with Crippen molar-refractivity contribution in [1.82, 2.24) is 0 Å². The van der Waals surface area contributed by atoms with Gasteiger partial charge in [0.2, 0.25) is 6.29 Å². The van der Waals surface area contributed by atoms with E-state index in [1.54, 1.807) is 0 Å². The average molecular weight is 155 g/mol. The standard InChI is InChI=1S/C9H15O2/c1-9(2,7-10)8-5-3-4-6-11-8/h8H,3-6H2,1-2H3. The zero-order valence-electron chi connectivity index (χ0n) is 7.22. The summed E-state index contributed by atoms with van der Waals surface area (Å²) >= 11 is 0. The molecule has 0 aromatic carbocycles. The van der Waals surface area contributed by atoms with Crippen LogP contribution in [0.3, 0.4) is 0 Å². The minimum Gasteiger partial charge on any atom is -0.377 e. The van der Waals surface area contributed by atoms with Gasteiger partial charge in [-0.05, 0) is 33.1 Å². The van der Waals surface area contributed by atoms with Crippen molar-refractivity contribution in [3.8, 4) is 0 Å². The Labute approximate surface area is 67.9 Å². The molecule has 1 saturated heterocycles. The third-order valence-corrected chi connectivity index (χ3v) is 2.25. The van der Waals surface area contributed by atoms with Gasteiger partial charge < -0.3 is 4.74 Å². The highest BCUT2D eigenvalue weighted by molar-refractivity contribution is 5.59. The molecule has 1 unspecified atom stereocenters. The topological polar surface area (TPSA) is 26.3 Å². The summed E-state index contributed by atoms with van der Waals surface area (Å²) in [6, 6.07) is 0. The first-order valence-corrected chi connectivity index (χ1v) is 4.18. The molecule has 0 N–H and O–H groups in total. The van der Waals surface area contributed by atoms with Crippen LogP contribution in [0.1, 0.15) is 33.1 Å². The molecule has 1 radical (unpaired) electrons. The zero-order chi connectivity index (χ0) is 8.32. The largest absolute Gasteiger partial charge is 0.377 e. The number of carbonyl (C=O) groups excluding carboxylic acids is 1. The second kappa shape index (κ2) is 3.35. The first-order valence-electron chi connectivity index (χ1n) is 4.18. The van der Waals surface area contributed by atoms with Crippen LogP contribution in [0.4, 0.5) is 0 Å². The number of rotatable bonds is 2. The molecular formula is C9H15O2. The fraction of sp³-hybridized carbons (Fsp3) is 0.889. The molecule has 0 aliphatic carbocycles. The van der Waals surface area contributed by atoms with E-state index in [4.69, 9.17) is 4.74 Å². The van der Waals surface area contributed by atoms with Crippen LogP contribution in [0.5, 0.6) is 0 Å². The molecule has 0 spiro atoms. The molecule has 63 valence electrons. The second-order valence-electron chi connectivity index (χ2n) is 3.68. The van der Waals surface area contributed by atoms with E-state index in [1.165, 1.54) is 6.42 Å². The summed E-state index contributed by atoms with van der Waals surface area (Å²) < 4.78 is 5.47. The van der Waals surface area contributed by atoms with Crippen LogP contribution in [0, 0.1) is 5.41 Å². The maximum absolute atomic E-state index is 10.5. The molecule has 0 bridgehead atoms. The summed E-state index contributed by atoms with van der Waals surface area (Å²) in [5.74, 6) is 0. The predicted molar refractivity (Wildman–Crippen MR) is 43.1 cm³/mol. The van der Waals surface area contributed by atoms with Gasteiger partial charge >= 0.3 is 0 Å². The Kier molecular flexibility index (Phi) is 2.66. The zero-order valence-corrected chi connectivity index (χ0v) is 7.22. The molecule has 1 rings (SSSR count). The molecule has 0 aromatic heterocycles. The Bertz CT molecular complexity index is 134. The van der Waals surface area contributed by atoms with E-state index >= 15 is 0 Å². The Morgan fingerprint density at radius 2 is 2.18 bits per heavy atom. The maximum Gasteiger partial charge on any atom is 0.207 e. The van der Waals surface area contributed by atoms with Crippen LogP contribution >= 0.6 is 0 Å². The monoisotopic (exact) mass is 155 g/mol. The lowest BCUT2D eigenvalue weighted by Crippen LogP contribution is -2.35. The van der Waals surface area contributed by atoms with Crippen molar-refractivity contribution in [1.29, 1.82) is 0 Å². The lowest BCUT2D eigenvalue weighted by molar-refractivity contribution is -0.0303. The fourth-order valence-electron chi connectivity index (χ4n) is 1.38. The molecule has 2 heteroatoms. The number of hydrogen-bond acceptors (Lipinski definition) is 2. The smallest absolute Gasteiger partial charge is 0.207 e. The first-order chi connectivity index (χ1) is 5.17. The maximum atomic E-state index is 10.5. The molecule has 0 aromatic rings. The molecular weight excluding hydrogens is 140 g/mol. The summed E-state index contributed by atoms with van der Waals surface area (Å²) in [5.41, 5.74) is -0.416. The molecule has 11 heavy (non-hydrogen) atoms. The van der Waals surface area contributed by atoms with Crippen LogP contribution in [-0.2, 0) is 9.53 Å². The van der Waals surface area contributed by atoms with E-state index in [-0.39, 0.29) is 6.10 Å². The van der Waals surface area contributed by atoms with Gasteiger partial charge in [0.15, 0.2) is 0 Å². The molecule has 1 aliphatic heterocycles. The van der Waals surface area contributed by atoms with Crippen molar-refractivity contribution in [2.24, 2.45) is 5.41 Å². The lowest BCUT2D eigenvalue weighted by atomic mass is 9.84. The van der Waals surface area contributed by atoms with Crippen molar-refractivity contribution in [3.05, 3.63) is 0 Å². The highest BCUT2D eigenvalue weighted by atomic mass is 16.5. The summed E-state index contributed by atoms with van der Waals surface area (Å²) in [5, 5.41) is 0. The molecule has 1 fully saturated rings. The van der Waals surface area contributed by atoms with Gasteiger partial charge in [0.25, 0.3) is 0 Å². The third-order valence-electron chi connectivity index (χ3n) is 2.25. The fourth-order valence-corrected chi connectivity index (χ4v) is 1.38. The van der Waals surface area contributed by atoms with E-state index in [9.17, 15) is 4.79 Å². The summed E-state index contributed by atoms with van der Waals surface area (Å²) in [7, 11) is 0. The minimum atomic E-state index is -0.416. The van der Waals surface area contributed by atoms with E-state index in [0.29, 0.717) is 0 Å². The molecule has 0 saturated carbocycles. The lowest BCUT2D eigenvalue weighted by Gasteiger charge is -2.31. The predicted octanol–water partition coefficient (Wildman–Crippen LogP) is 1.69. The molecule has 1 heterocycles. The van der Waals surface area contributed by atoms with E-state index in [0.717, 1.165) is 19.4 Å². The van der Waals surface area contributed by atoms with Crippen molar-refractivity contribution in [2.45, 2.75) is 39.2 Å². The molecule has 0 amide bonds. The minimum absolute atomic E-state index is 0.0914. The van der Waals surface area contributed by atoms with Crippen molar-refractivity contribution >= 4 is 6.29 Å². The van der Waals surface area contributed by atoms with Crippen molar-refractivity contribution in [2.75, 3.05) is 6.61 Å². The Morgan fingerprint density at radius 1 is 1.45 bits per heavy atom. The van der Waals surface area contributed by atoms with Gasteiger partial charge in [0, 0.05) is 6.61 Å². The Morgan fingerprint density at radius 3 is 2.64 bits per heavy atom. The van der Waals surface area contributed by atoms with Crippen LogP contribution in [0.2, 0.25) is 0 Å². The van der Waals surface area contributed by atoms with Crippen molar-refractivity contribution < 1.29 is 9.53 Å². The Hall–Kier alpha value is -0.370.